The van der Waals surface area contributed by atoms with Gasteiger partial charge in [-0.1, -0.05) is 41.4 Å². The molecule has 7 heteroatoms. The van der Waals surface area contributed by atoms with Gasteiger partial charge in [0.1, 0.15) is 9.84 Å². The summed E-state index contributed by atoms with van der Waals surface area (Å²) < 4.78 is 24.3. The largest absolute Gasteiger partial charge is 0.356 e. The molecule has 1 aliphatic carbocycles. The summed E-state index contributed by atoms with van der Waals surface area (Å²) in [6.07, 6.45) is 5.33. The summed E-state index contributed by atoms with van der Waals surface area (Å²) >= 11 is 3.53. The smallest absolute Gasteiger partial charge is 0.191 e. The number of rotatable bonds is 9. The number of hydrogen-bond donors (Lipinski definition) is 2. The van der Waals surface area contributed by atoms with Crippen molar-refractivity contribution in [2.24, 2.45) is 16.3 Å². The average molecular weight is 444 g/mol. The number of sulfone groups is 1. The van der Waals surface area contributed by atoms with E-state index in [1.165, 1.54) is 11.8 Å². The number of guanidine groups is 1. The van der Waals surface area contributed by atoms with Crippen LogP contribution in [0.2, 0.25) is 0 Å². The summed E-state index contributed by atoms with van der Waals surface area (Å²) in [4.78, 5) is 4.28. The zero-order valence-corrected chi connectivity index (χ0v) is 18.3. The summed E-state index contributed by atoms with van der Waals surface area (Å²) in [7, 11) is -1.20. The first-order valence-electron chi connectivity index (χ1n) is 9.12. The number of nitrogens with one attached hydrogen (secondary N) is 2. The Morgan fingerprint density at radius 2 is 2.08 bits per heavy atom. The lowest BCUT2D eigenvalue weighted by molar-refractivity contribution is 0.487. The molecule has 0 heterocycles. The van der Waals surface area contributed by atoms with Crippen molar-refractivity contribution < 1.29 is 8.42 Å². The Kier molecular flexibility index (Phi) is 7.52. The van der Waals surface area contributed by atoms with Crippen LogP contribution in [0.25, 0.3) is 0 Å². The van der Waals surface area contributed by atoms with E-state index in [-0.39, 0.29) is 11.2 Å². The van der Waals surface area contributed by atoms with Gasteiger partial charge in [-0.15, -0.1) is 0 Å². The van der Waals surface area contributed by atoms with Crippen molar-refractivity contribution in [3.05, 3.63) is 34.3 Å². The van der Waals surface area contributed by atoms with Crippen LogP contribution in [0.1, 0.15) is 31.7 Å². The molecule has 1 aromatic carbocycles. The fraction of sp³-hybridized carbons (Fsp3) is 0.632. The van der Waals surface area contributed by atoms with Crippen molar-refractivity contribution >= 4 is 31.7 Å². The highest BCUT2D eigenvalue weighted by atomic mass is 79.9. The second-order valence-corrected chi connectivity index (χ2v) is 10.5. The predicted molar refractivity (Wildman–Crippen MR) is 112 cm³/mol. The van der Waals surface area contributed by atoms with Gasteiger partial charge >= 0.3 is 0 Å². The van der Waals surface area contributed by atoms with E-state index in [0.29, 0.717) is 12.5 Å². The summed E-state index contributed by atoms with van der Waals surface area (Å²) in [6.45, 7) is 3.69. The van der Waals surface area contributed by atoms with Gasteiger partial charge in [0.2, 0.25) is 0 Å². The van der Waals surface area contributed by atoms with Gasteiger partial charge in [-0.2, -0.15) is 0 Å². The maximum atomic E-state index is 11.6. The van der Waals surface area contributed by atoms with Gasteiger partial charge in [-0.05, 0) is 42.9 Å². The van der Waals surface area contributed by atoms with Crippen molar-refractivity contribution in [3.8, 4) is 0 Å². The third-order valence-corrected chi connectivity index (χ3v) is 6.56. The molecule has 1 atom stereocenters. The van der Waals surface area contributed by atoms with Crippen molar-refractivity contribution in [1.82, 2.24) is 10.6 Å². The van der Waals surface area contributed by atoms with E-state index in [9.17, 15) is 8.42 Å². The van der Waals surface area contributed by atoms with Gasteiger partial charge in [0.15, 0.2) is 5.96 Å². The Morgan fingerprint density at radius 3 is 2.62 bits per heavy atom. The highest BCUT2D eigenvalue weighted by molar-refractivity contribution is 9.10. The fourth-order valence-corrected chi connectivity index (χ4v) is 5.15. The fourth-order valence-electron chi connectivity index (χ4n) is 3.20. The molecule has 2 N–H and O–H groups in total. The molecule has 0 amide bonds. The van der Waals surface area contributed by atoms with E-state index < -0.39 is 9.84 Å². The molecule has 146 valence electrons. The summed E-state index contributed by atoms with van der Waals surface area (Å²) in [5, 5.41) is 6.71. The number of benzene rings is 1. The number of aliphatic imine (C=N–C) groups is 1. The van der Waals surface area contributed by atoms with E-state index >= 15 is 0 Å². The molecule has 1 saturated carbocycles. The molecule has 0 saturated heterocycles. The minimum atomic E-state index is -2.95. The van der Waals surface area contributed by atoms with Crippen LogP contribution >= 0.6 is 15.9 Å². The highest BCUT2D eigenvalue weighted by Gasteiger charge is 2.45. The SMILES string of the molecule is CCC(CNC(=NC)NCC1(CS(C)(=O)=O)CC1)Cc1cccc(Br)c1. The van der Waals surface area contributed by atoms with Crippen LogP contribution in [0.15, 0.2) is 33.7 Å². The Balaban J connectivity index is 1.82. The molecular formula is C19H30BrN3O2S. The molecule has 0 aliphatic heterocycles. The van der Waals surface area contributed by atoms with Crippen molar-refractivity contribution in [3.63, 3.8) is 0 Å². The number of nitrogens with zero attached hydrogens (tertiary/aromatic N) is 1. The molecule has 1 fully saturated rings. The molecule has 1 aromatic rings. The topological polar surface area (TPSA) is 70.6 Å². The van der Waals surface area contributed by atoms with Crippen LogP contribution in [0.5, 0.6) is 0 Å². The molecule has 1 unspecified atom stereocenters. The lowest BCUT2D eigenvalue weighted by Gasteiger charge is -2.20. The van der Waals surface area contributed by atoms with Crippen molar-refractivity contribution in [2.75, 3.05) is 32.1 Å². The minimum Gasteiger partial charge on any atom is -0.356 e. The normalized spacial score (nSPS) is 17.6. The molecular weight excluding hydrogens is 414 g/mol. The summed E-state index contributed by atoms with van der Waals surface area (Å²) in [5.74, 6) is 1.51. The molecule has 0 aromatic heterocycles. The van der Waals surface area contributed by atoms with E-state index in [1.54, 1.807) is 7.05 Å². The van der Waals surface area contributed by atoms with Gasteiger partial charge in [-0.3, -0.25) is 4.99 Å². The third kappa shape index (κ3) is 7.27. The maximum Gasteiger partial charge on any atom is 0.191 e. The monoisotopic (exact) mass is 443 g/mol. The Bertz CT molecular complexity index is 730. The molecule has 2 rings (SSSR count). The highest BCUT2D eigenvalue weighted by Crippen LogP contribution is 2.45. The van der Waals surface area contributed by atoms with E-state index in [2.05, 4.69) is 56.7 Å². The Labute approximate surface area is 166 Å². The van der Waals surface area contributed by atoms with Gasteiger partial charge in [0.05, 0.1) is 5.75 Å². The van der Waals surface area contributed by atoms with E-state index in [4.69, 9.17) is 0 Å². The zero-order valence-electron chi connectivity index (χ0n) is 15.9. The van der Waals surface area contributed by atoms with Crippen LogP contribution in [0.4, 0.5) is 0 Å². The standard InChI is InChI=1S/C19H30BrN3O2S/c1-4-15(10-16-6-5-7-17(20)11-16)12-22-18(21-2)23-13-19(8-9-19)14-26(3,24)25/h5-7,11,15H,4,8-10,12-14H2,1-3H3,(H2,21,22,23). The van der Waals surface area contributed by atoms with Gasteiger partial charge in [-0.25, -0.2) is 8.42 Å². The quantitative estimate of drug-likeness (QED) is 0.454. The lowest BCUT2D eigenvalue weighted by Crippen LogP contribution is -2.43. The zero-order chi connectivity index (χ0) is 19.2. The summed E-state index contributed by atoms with van der Waals surface area (Å²) in [5.41, 5.74) is 1.21. The van der Waals surface area contributed by atoms with Crippen molar-refractivity contribution in [1.29, 1.82) is 0 Å². The van der Waals surface area contributed by atoms with Gasteiger partial charge < -0.3 is 10.6 Å². The van der Waals surface area contributed by atoms with Crippen LogP contribution in [-0.4, -0.2) is 46.5 Å². The van der Waals surface area contributed by atoms with Crippen molar-refractivity contribution in [2.45, 2.75) is 32.6 Å². The van der Waals surface area contributed by atoms with Crippen LogP contribution in [0, 0.1) is 11.3 Å². The second-order valence-electron chi connectivity index (χ2n) is 7.49. The van der Waals surface area contributed by atoms with Crippen LogP contribution in [0.3, 0.4) is 0 Å². The molecule has 5 nitrogen and oxygen atoms in total. The number of hydrogen-bond acceptors (Lipinski definition) is 3. The molecule has 0 bridgehead atoms. The molecule has 26 heavy (non-hydrogen) atoms. The second kappa shape index (κ2) is 9.22. The summed E-state index contributed by atoms with van der Waals surface area (Å²) in [6, 6.07) is 8.43. The minimum absolute atomic E-state index is 0.105. The van der Waals surface area contributed by atoms with E-state index in [0.717, 1.165) is 42.7 Å². The van der Waals surface area contributed by atoms with Crippen LogP contribution < -0.4 is 10.6 Å². The molecule has 0 spiro atoms. The van der Waals surface area contributed by atoms with Gasteiger partial charge in [0.25, 0.3) is 0 Å². The van der Waals surface area contributed by atoms with Gasteiger partial charge in [0, 0.05) is 36.3 Å². The predicted octanol–water partition coefficient (Wildman–Crippen LogP) is 3.01. The first-order chi connectivity index (χ1) is 12.3. The lowest BCUT2D eigenvalue weighted by atomic mass is 9.97. The number of halogens is 1. The average Bonchev–Trinajstić information content (AvgIpc) is 3.31. The molecule has 0 radical (unpaired) electrons. The third-order valence-electron chi connectivity index (χ3n) is 4.93. The first kappa shape index (κ1) is 21.2. The Morgan fingerprint density at radius 1 is 1.35 bits per heavy atom. The first-order valence-corrected chi connectivity index (χ1v) is 12.0. The van der Waals surface area contributed by atoms with E-state index in [1.807, 2.05) is 6.07 Å². The molecule has 1 aliphatic rings. The van der Waals surface area contributed by atoms with Crippen LogP contribution in [-0.2, 0) is 16.3 Å². The maximum absolute atomic E-state index is 11.6. The Hall–Kier alpha value is -1.08.